The molecule has 1 rings (SSSR count). The van der Waals surface area contributed by atoms with Gasteiger partial charge in [-0.2, -0.15) is 0 Å². The third-order valence-electron chi connectivity index (χ3n) is 4.93. The van der Waals surface area contributed by atoms with Crippen LogP contribution in [-0.2, 0) is 0 Å². The molecule has 0 amide bonds. The van der Waals surface area contributed by atoms with Crippen molar-refractivity contribution in [2.24, 2.45) is 5.92 Å². The molecule has 97 valence electrons. The van der Waals surface area contributed by atoms with Gasteiger partial charge in [0.2, 0.25) is 0 Å². The van der Waals surface area contributed by atoms with Gasteiger partial charge in [0.15, 0.2) is 0 Å². The molecule has 0 nitrogen and oxygen atoms in total. The molecule has 1 heteroatoms. The Morgan fingerprint density at radius 1 is 1.00 bits per heavy atom. The first kappa shape index (κ1) is 14.9. The Morgan fingerprint density at radius 3 is 1.88 bits per heavy atom. The van der Waals surface area contributed by atoms with E-state index in [1.54, 1.807) is 0 Å². The summed E-state index contributed by atoms with van der Waals surface area (Å²) in [6.45, 7) is 8.66. The molecule has 17 heavy (non-hydrogen) atoms. The quantitative estimate of drug-likeness (QED) is 0.545. The third kappa shape index (κ3) is 4.19. The molecule has 0 heterocycles. The number of hydrogen-bond donors (Lipinski definition) is 0. The SMILES string of the molecule is C=C[B]C(CC)(CC)C1CCCCCCCC1. The fourth-order valence-corrected chi connectivity index (χ4v) is 3.64. The largest absolute Gasteiger partial charge is 0.148 e. The average Bonchev–Trinajstić information content (AvgIpc) is 2.50. The summed E-state index contributed by atoms with van der Waals surface area (Å²) in [5.41, 5.74) is 0. The fraction of sp³-hybridized carbons (Fsp3) is 0.875. The molecule has 1 radical (unpaired) electrons. The summed E-state index contributed by atoms with van der Waals surface area (Å²) >= 11 is 0. The van der Waals surface area contributed by atoms with E-state index in [1.165, 1.54) is 64.2 Å². The Balaban J connectivity index is 2.70. The Bertz CT molecular complexity index is 196. The van der Waals surface area contributed by atoms with Crippen molar-refractivity contribution in [3.63, 3.8) is 0 Å². The number of rotatable bonds is 5. The summed E-state index contributed by atoms with van der Waals surface area (Å²) in [7, 11) is 2.41. The maximum atomic E-state index is 3.94. The molecule has 0 atom stereocenters. The molecule has 0 spiro atoms. The van der Waals surface area contributed by atoms with Crippen LogP contribution in [0.3, 0.4) is 0 Å². The van der Waals surface area contributed by atoms with Crippen LogP contribution in [0.1, 0.15) is 78.1 Å². The van der Waals surface area contributed by atoms with Gasteiger partial charge in [0.05, 0.1) is 0 Å². The number of hydrogen-bond acceptors (Lipinski definition) is 0. The molecule has 0 saturated heterocycles. The van der Waals surface area contributed by atoms with Crippen LogP contribution in [0.4, 0.5) is 0 Å². The average molecular weight is 233 g/mol. The Morgan fingerprint density at radius 2 is 1.47 bits per heavy atom. The summed E-state index contributed by atoms with van der Waals surface area (Å²) in [4.78, 5) is 0. The van der Waals surface area contributed by atoms with E-state index in [9.17, 15) is 0 Å². The van der Waals surface area contributed by atoms with Crippen LogP contribution in [0.5, 0.6) is 0 Å². The molecular weight excluding hydrogens is 203 g/mol. The van der Waals surface area contributed by atoms with Crippen molar-refractivity contribution in [1.82, 2.24) is 0 Å². The molecule has 1 fully saturated rings. The van der Waals surface area contributed by atoms with E-state index >= 15 is 0 Å². The highest BCUT2D eigenvalue weighted by atomic mass is 14.3. The summed E-state index contributed by atoms with van der Waals surface area (Å²) in [5, 5.41) is 0.437. The lowest BCUT2D eigenvalue weighted by Crippen LogP contribution is -2.28. The molecule has 0 aromatic carbocycles. The predicted molar refractivity (Wildman–Crippen MR) is 79.7 cm³/mol. The Hall–Kier alpha value is -0.195. The maximum absolute atomic E-state index is 3.94. The van der Waals surface area contributed by atoms with E-state index in [1.807, 2.05) is 5.98 Å². The Labute approximate surface area is 110 Å². The molecule has 0 aromatic rings. The summed E-state index contributed by atoms with van der Waals surface area (Å²) < 4.78 is 0. The zero-order chi connectivity index (χ0) is 12.6. The van der Waals surface area contributed by atoms with Gasteiger partial charge in [-0.25, -0.2) is 0 Å². The van der Waals surface area contributed by atoms with Gasteiger partial charge >= 0.3 is 0 Å². The first-order valence-electron chi connectivity index (χ1n) is 7.76. The van der Waals surface area contributed by atoms with Crippen molar-refractivity contribution in [2.45, 2.75) is 83.4 Å². The molecule has 0 unspecified atom stereocenters. The molecule has 0 aliphatic heterocycles. The molecular formula is C16H30B. The minimum atomic E-state index is 0.437. The van der Waals surface area contributed by atoms with E-state index < -0.39 is 0 Å². The van der Waals surface area contributed by atoms with Crippen LogP contribution >= 0.6 is 0 Å². The third-order valence-corrected chi connectivity index (χ3v) is 4.93. The van der Waals surface area contributed by atoms with E-state index in [4.69, 9.17) is 0 Å². The van der Waals surface area contributed by atoms with Gasteiger partial charge in [-0.1, -0.05) is 83.4 Å². The van der Waals surface area contributed by atoms with Crippen molar-refractivity contribution in [3.8, 4) is 0 Å². The first-order valence-corrected chi connectivity index (χ1v) is 7.76. The van der Waals surface area contributed by atoms with Crippen LogP contribution in [0, 0.1) is 5.92 Å². The second kappa shape index (κ2) is 8.00. The monoisotopic (exact) mass is 233 g/mol. The minimum Gasteiger partial charge on any atom is -0.129 e. The van der Waals surface area contributed by atoms with Gasteiger partial charge < -0.3 is 0 Å². The molecule has 0 aromatic heterocycles. The van der Waals surface area contributed by atoms with Crippen molar-refractivity contribution < 1.29 is 0 Å². The second-order valence-electron chi connectivity index (χ2n) is 5.74. The Kier molecular flexibility index (Phi) is 7.00. The summed E-state index contributed by atoms with van der Waals surface area (Å²) in [6, 6.07) is 0. The lowest BCUT2D eigenvalue weighted by molar-refractivity contribution is 0.285. The topological polar surface area (TPSA) is 0 Å². The maximum Gasteiger partial charge on any atom is 0.148 e. The van der Waals surface area contributed by atoms with Gasteiger partial charge in [-0.15, -0.1) is 12.6 Å². The van der Waals surface area contributed by atoms with Crippen LogP contribution in [0.2, 0.25) is 5.31 Å². The van der Waals surface area contributed by atoms with Crippen LogP contribution < -0.4 is 0 Å². The van der Waals surface area contributed by atoms with Crippen molar-refractivity contribution in [3.05, 3.63) is 12.6 Å². The van der Waals surface area contributed by atoms with E-state index in [0.717, 1.165) is 5.92 Å². The zero-order valence-corrected chi connectivity index (χ0v) is 12.0. The normalized spacial score (nSPS) is 20.1. The van der Waals surface area contributed by atoms with Crippen molar-refractivity contribution in [2.75, 3.05) is 0 Å². The molecule has 0 N–H and O–H groups in total. The zero-order valence-electron chi connectivity index (χ0n) is 12.0. The van der Waals surface area contributed by atoms with Crippen LogP contribution in [0.15, 0.2) is 12.6 Å². The first-order chi connectivity index (χ1) is 8.29. The van der Waals surface area contributed by atoms with E-state index in [-0.39, 0.29) is 0 Å². The van der Waals surface area contributed by atoms with Crippen LogP contribution in [0.25, 0.3) is 0 Å². The molecule has 1 aliphatic rings. The van der Waals surface area contributed by atoms with Crippen molar-refractivity contribution in [1.29, 1.82) is 0 Å². The minimum absolute atomic E-state index is 0.437. The predicted octanol–water partition coefficient (Wildman–Crippen LogP) is 5.56. The van der Waals surface area contributed by atoms with E-state index in [2.05, 4.69) is 27.7 Å². The van der Waals surface area contributed by atoms with Gasteiger partial charge in [0.25, 0.3) is 0 Å². The lowest BCUT2D eigenvalue weighted by Gasteiger charge is -2.39. The van der Waals surface area contributed by atoms with E-state index in [0.29, 0.717) is 5.31 Å². The smallest absolute Gasteiger partial charge is 0.129 e. The summed E-state index contributed by atoms with van der Waals surface area (Å²) in [5.74, 6) is 2.94. The summed E-state index contributed by atoms with van der Waals surface area (Å²) in [6.07, 6.45) is 14.1. The standard InChI is InChI=1S/C16H30B/c1-4-16(5-2,17-6-3)15-13-11-9-7-8-10-12-14-15/h6,15H,3-5,7-14H2,1-2H3. The highest BCUT2D eigenvalue weighted by Gasteiger charge is 2.34. The van der Waals surface area contributed by atoms with Gasteiger partial charge in [-0.3, -0.25) is 0 Å². The molecule has 1 aliphatic carbocycles. The van der Waals surface area contributed by atoms with Gasteiger partial charge in [-0.05, 0) is 5.92 Å². The fourth-order valence-electron chi connectivity index (χ4n) is 3.64. The molecule has 1 saturated carbocycles. The highest BCUT2D eigenvalue weighted by molar-refractivity contribution is 6.46. The second-order valence-corrected chi connectivity index (χ2v) is 5.74. The van der Waals surface area contributed by atoms with Crippen molar-refractivity contribution >= 4 is 7.28 Å². The van der Waals surface area contributed by atoms with Gasteiger partial charge in [0, 0.05) is 0 Å². The van der Waals surface area contributed by atoms with Gasteiger partial charge in [0.1, 0.15) is 7.28 Å². The highest BCUT2D eigenvalue weighted by Crippen LogP contribution is 2.47. The molecule has 0 bridgehead atoms. The van der Waals surface area contributed by atoms with Crippen LogP contribution in [-0.4, -0.2) is 7.28 Å². The lowest BCUT2D eigenvalue weighted by atomic mass is 9.44.